The highest BCUT2D eigenvalue weighted by Crippen LogP contribution is 2.24. The average molecular weight is 343 g/mol. The number of hydrogen-bond acceptors (Lipinski definition) is 4. The summed E-state index contributed by atoms with van der Waals surface area (Å²) in [6.45, 7) is 2.80. The zero-order chi connectivity index (χ0) is 14.9. The van der Waals surface area contributed by atoms with Crippen molar-refractivity contribution in [2.24, 2.45) is 5.92 Å². The molecular weight excluding hydrogens is 328 g/mol. The van der Waals surface area contributed by atoms with Crippen molar-refractivity contribution in [3.8, 4) is 0 Å². The Morgan fingerprint density at radius 2 is 2.20 bits per heavy atom. The number of amides is 1. The quantitative estimate of drug-likeness (QED) is 0.659. The first-order valence-corrected chi connectivity index (χ1v) is 7.10. The summed E-state index contributed by atoms with van der Waals surface area (Å²) in [5, 5.41) is 20.5. The minimum atomic E-state index is -0.524. The van der Waals surface area contributed by atoms with E-state index in [0.29, 0.717) is 24.0 Å². The van der Waals surface area contributed by atoms with Crippen molar-refractivity contribution >= 4 is 27.5 Å². The van der Waals surface area contributed by atoms with Crippen LogP contribution in [-0.4, -0.2) is 40.0 Å². The molecular formula is C13H15BrN2O4. The van der Waals surface area contributed by atoms with Crippen molar-refractivity contribution in [1.82, 2.24) is 4.90 Å². The van der Waals surface area contributed by atoms with Gasteiger partial charge in [-0.1, -0.05) is 22.9 Å². The number of nitro benzene ring substituents is 1. The van der Waals surface area contributed by atoms with E-state index >= 15 is 0 Å². The molecule has 2 atom stereocenters. The predicted molar refractivity (Wildman–Crippen MR) is 76.5 cm³/mol. The Bertz CT molecular complexity index is 549. The number of likely N-dealkylation sites (tertiary alicyclic amines) is 1. The molecule has 108 valence electrons. The van der Waals surface area contributed by atoms with Crippen LogP contribution in [0.2, 0.25) is 0 Å². The minimum absolute atomic E-state index is 0.00911. The van der Waals surface area contributed by atoms with Gasteiger partial charge in [-0.05, 0) is 18.4 Å². The topological polar surface area (TPSA) is 83.7 Å². The number of hydrogen-bond donors (Lipinski definition) is 1. The van der Waals surface area contributed by atoms with Gasteiger partial charge in [-0.25, -0.2) is 0 Å². The van der Waals surface area contributed by atoms with Gasteiger partial charge < -0.3 is 10.0 Å². The van der Waals surface area contributed by atoms with E-state index in [0.717, 1.165) is 0 Å². The molecule has 0 aliphatic carbocycles. The molecule has 0 radical (unpaired) electrons. The molecule has 2 unspecified atom stereocenters. The highest BCUT2D eigenvalue weighted by molar-refractivity contribution is 9.10. The Kier molecular flexibility index (Phi) is 4.39. The Morgan fingerprint density at radius 3 is 2.80 bits per heavy atom. The number of rotatable bonds is 2. The molecule has 0 spiro atoms. The maximum absolute atomic E-state index is 12.4. The molecule has 1 N–H and O–H groups in total. The lowest BCUT2D eigenvalue weighted by atomic mass is 9.96. The van der Waals surface area contributed by atoms with Gasteiger partial charge in [0.15, 0.2) is 0 Å². The summed E-state index contributed by atoms with van der Waals surface area (Å²) in [5.41, 5.74) is 0.169. The van der Waals surface area contributed by atoms with Crippen LogP contribution >= 0.6 is 15.9 Å². The lowest BCUT2D eigenvalue weighted by Crippen LogP contribution is -2.44. The molecule has 1 saturated heterocycles. The number of non-ortho nitro benzene ring substituents is 1. The van der Waals surface area contributed by atoms with Gasteiger partial charge in [0.25, 0.3) is 11.6 Å². The van der Waals surface area contributed by atoms with Gasteiger partial charge in [0.05, 0.1) is 11.0 Å². The first-order valence-electron chi connectivity index (χ1n) is 6.31. The molecule has 1 heterocycles. The monoisotopic (exact) mass is 342 g/mol. The standard InChI is InChI=1S/C13H15BrN2O4/c1-8-7-15(3-2-12(8)17)13(18)9-4-10(14)6-11(5-9)16(19)20/h4-6,8,12,17H,2-3,7H2,1H3. The molecule has 0 aromatic heterocycles. The van der Waals surface area contributed by atoms with Crippen LogP contribution in [0.15, 0.2) is 22.7 Å². The van der Waals surface area contributed by atoms with Crippen LogP contribution in [0.25, 0.3) is 0 Å². The summed E-state index contributed by atoms with van der Waals surface area (Å²) in [4.78, 5) is 24.3. The van der Waals surface area contributed by atoms with Crippen LogP contribution in [0.1, 0.15) is 23.7 Å². The Balaban J connectivity index is 2.23. The lowest BCUT2D eigenvalue weighted by Gasteiger charge is -2.34. The summed E-state index contributed by atoms with van der Waals surface area (Å²) in [6.07, 6.45) is 0.138. The van der Waals surface area contributed by atoms with E-state index in [-0.39, 0.29) is 23.1 Å². The Hall–Kier alpha value is -1.47. The SMILES string of the molecule is CC1CN(C(=O)c2cc(Br)cc([N+](=O)[O-])c2)CCC1O. The number of carbonyl (C=O) groups excluding carboxylic acids is 1. The molecule has 1 aliphatic heterocycles. The maximum Gasteiger partial charge on any atom is 0.271 e. The van der Waals surface area contributed by atoms with E-state index in [4.69, 9.17) is 0 Å². The van der Waals surface area contributed by atoms with Crippen LogP contribution in [0, 0.1) is 16.0 Å². The zero-order valence-corrected chi connectivity index (χ0v) is 12.5. The summed E-state index contributed by atoms with van der Waals surface area (Å²) in [7, 11) is 0. The van der Waals surface area contributed by atoms with Gasteiger partial charge in [0.2, 0.25) is 0 Å². The Morgan fingerprint density at radius 1 is 1.50 bits per heavy atom. The van der Waals surface area contributed by atoms with E-state index in [1.54, 1.807) is 11.0 Å². The van der Waals surface area contributed by atoms with Crippen LogP contribution in [0.4, 0.5) is 5.69 Å². The first kappa shape index (κ1) is 14.9. The number of halogens is 1. The van der Waals surface area contributed by atoms with E-state index in [1.165, 1.54) is 12.1 Å². The highest BCUT2D eigenvalue weighted by atomic mass is 79.9. The second kappa shape index (κ2) is 5.88. The van der Waals surface area contributed by atoms with E-state index in [9.17, 15) is 20.0 Å². The number of benzene rings is 1. The molecule has 0 bridgehead atoms. The van der Waals surface area contributed by atoms with Crippen LogP contribution in [0.5, 0.6) is 0 Å². The summed E-state index contributed by atoms with van der Waals surface area (Å²) >= 11 is 3.18. The molecule has 7 heteroatoms. The fraction of sp³-hybridized carbons (Fsp3) is 0.462. The molecule has 1 fully saturated rings. The third-order valence-corrected chi connectivity index (χ3v) is 3.95. The number of nitrogens with zero attached hydrogens (tertiary/aromatic N) is 2. The second-order valence-corrected chi connectivity index (χ2v) is 5.96. The van der Waals surface area contributed by atoms with Crippen molar-refractivity contribution < 1.29 is 14.8 Å². The molecule has 0 saturated carbocycles. The maximum atomic E-state index is 12.4. The predicted octanol–water partition coefficient (Wildman–Crippen LogP) is 2.20. The number of aliphatic hydroxyl groups is 1. The third kappa shape index (κ3) is 3.16. The first-order chi connectivity index (χ1) is 9.38. The van der Waals surface area contributed by atoms with Crippen molar-refractivity contribution in [2.45, 2.75) is 19.4 Å². The van der Waals surface area contributed by atoms with Gasteiger partial charge in [-0.2, -0.15) is 0 Å². The van der Waals surface area contributed by atoms with E-state index < -0.39 is 11.0 Å². The summed E-state index contributed by atoms with van der Waals surface area (Å²) in [6, 6.07) is 4.22. The third-order valence-electron chi connectivity index (χ3n) is 3.49. The van der Waals surface area contributed by atoms with Crippen molar-refractivity contribution in [2.75, 3.05) is 13.1 Å². The molecule has 1 amide bonds. The van der Waals surface area contributed by atoms with Gasteiger partial charge in [0.1, 0.15) is 0 Å². The van der Waals surface area contributed by atoms with E-state index in [2.05, 4.69) is 15.9 Å². The van der Waals surface area contributed by atoms with Crippen LogP contribution < -0.4 is 0 Å². The molecule has 6 nitrogen and oxygen atoms in total. The van der Waals surface area contributed by atoms with Crippen molar-refractivity contribution in [1.29, 1.82) is 0 Å². The number of nitro groups is 1. The van der Waals surface area contributed by atoms with Crippen LogP contribution in [0.3, 0.4) is 0 Å². The molecule has 1 aromatic rings. The summed E-state index contributed by atoms with van der Waals surface area (Å²) in [5.74, 6) is -0.233. The van der Waals surface area contributed by atoms with Gasteiger partial charge in [-0.3, -0.25) is 14.9 Å². The minimum Gasteiger partial charge on any atom is -0.393 e. The van der Waals surface area contributed by atoms with Crippen LogP contribution in [-0.2, 0) is 0 Å². The fourth-order valence-corrected chi connectivity index (χ4v) is 2.78. The number of carbonyl (C=O) groups is 1. The van der Waals surface area contributed by atoms with Gasteiger partial charge >= 0.3 is 0 Å². The summed E-state index contributed by atoms with van der Waals surface area (Å²) < 4.78 is 0.500. The lowest BCUT2D eigenvalue weighted by molar-refractivity contribution is -0.385. The molecule has 1 aliphatic rings. The molecule has 1 aromatic carbocycles. The largest absolute Gasteiger partial charge is 0.393 e. The van der Waals surface area contributed by atoms with E-state index in [1.807, 2.05) is 6.92 Å². The number of piperidine rings is 1. The second-order valence-electron chi connectivity index (χ2n) is 5.04. The van der Waals surface area contributed by atoms with Crippen molar-refractivity contribution in [3.05, 3.63) is 38.3 Å². The van der Waals surface area contributed by atoms with Gasteiger partial charge in [-0.15, -0.1) is 0 Å². The Labute approximate surface area is 124 Å². The normalized spacial score (nSPS) is 22.6. The molecule has 20 heavy (non-hydrogen) atoms. The smallest absolute Gasteiger partial charge is 0.271 e. The average Bonchev–Trinajstić information content (AvgIpc) is 2.40. The molecule has 2 rings (SSSR count). The number of aliphatic hydroxyl groups excluding tert-OH is 1. The zero-order valence-electron chi connectivity index (χ0n) is 11.0. The van der Waals surface area contributed by atoms with Gasteiger partial charge in [0, 0.05) is 35.3 Å². The highest BCUT2D eigenvalue weighted by Gasteiger charge is 2.28. The van der Waals surface area contributed by atoms with Crippen molar-refractivity contribution in [3.63, 3.8) is 0 Å². The fourth-order valence-electron chi connectivity index (χ4n) is 2.30.